The van der Waals surface area contributed by atoms with Crippen LogP contribution in [0.15, 0.2) is 0 Å². The summed E-state index contributed by atoms with van der Waals surface area (Å²) in [6, 6.07) is 0.521. The minimum Gasteiger partial charge on any atom is -0.327 e. The van der Waals surface area contributed by atoms with Crippen molar-refractivity contribution in [3.63, 3.8) is 0 Å². The average Bonchev–Trinajstić information content (AvgIpc) is 2.05. The average molecular weight is 147 g/mol. The molecule has 0 aromatic rings. The number of nitrogens with two attached hydrogens (primary N) is 1. The molecule has 1 atom stereocenters. The molecule has 0 aliphatic heterocycles. The number of hydrogen-bond acceptors (Lipinski definition) is 1. The number of hydrogen-bond donors (Lipinski definition) is 1. The first-order valence-corrected chi connectivity index (χ1v) is 5.07. The van der Waals surface area contributed by atoms with Crippen LogP contribution in [0.1, 0.15) is 6.92 Å². The largest absolute Gasteiger partial charge is 0.327 e. The van der Waals surface area contributed by atoms with E-state index in [9.17, 15) is 0 Å². The van der Waals surface area contributed by atoms with Gasteiger partial charge in [0.1, 0.15) is 0 Å². The molecule has 0 bridgehead atoms. The minimum atomic E-state index is 0.521. The SMILES string of the molecule is C[C@@H](N)C12C3C4C5C3C1C5C42. The highest BCUT2D eigenvalue weighted by atomic mass is 15.1. The molecule has 58 valence electrons. The summed E-state index contributed by atoms with van der Waals surface area (Å²) in [5.74, 6) is 8.31. The lowest BCUT2D eigenvalue weighted by atomic mass is 8.96. The van der Waals surface area contributed by atoms with E-state index in [1.807, 2.05) is 0 Å². The van der Waals surface area contributed by atoms with Crippen LogP contribution in [0.5, 0.6) is 0 Å². The van der Waals surface area contributed by atoms with E-state index in [1.54, 1.807) is 0 Å². The molecule has 1 heteroatoms. The normalized spacial score (nSPS) is 91.6. The van der Waals surface area contributed by atoms with E-state index in [-0.39, 0.29) is 0 Å². The van der Waals surface area contributed by atoms with Crippen molar-refractivity contribution >= 4 is 0 Å². The second kappa shape index (κ2) is 0.891. The summed E-state index contributed by atoms with van der Waals surface area (Å²) in [7, 11) is 0. The Hall–Kier alpha value is -0.0400. The summed E-state index contributed by atoms with van der Waals surface area (Å²) in [6.07, 6.45) is 0. The van der Waals surface area contributed by atoms with E-state index in [4.69, 9.17) is 5.73 Å². The van der Waals surface area contributed by atoms with Gasteiger partial charge in [0, 0.05) is 6.04 Å². The summed E-state index contributed by atoms with van der Waals surface area (Å²) in [4.78, 5) is 0. The van der Waals surface area contributed by atoms with Gasteiger partial charge in [-0.3, -0.25) is 0 Å². The van der Waals surface area contributed by atoms with Gasteiger partial charge in [0.05, 0.1) is 0 Å². The zero-order valence-electron chi connectivity index (χ0n) is 6.70. The lowest BCUT2D eigenvalue weighted by Crippen LogP contribution is -3.07. The Morgan fingerprint density at radius 2 is 1.45 bits per heavy atom. The third-order valence-electron chi connectivity index (χ3n) is 6.34. The van der Waals surface area contributed by atoms with E-state index in [0.717, 1.165) is 23.2 Å². The summed E-state index contributed by atoms with van der Waals surface area (Å²) in [5, 5.41) is 0. The Kier molecular flexibility index (Phi) is 0.393. The quantitative estimate of drug-likeness (QED) is 0.580. The van der Waals surface area contributed by atoms with Crippen molar-refractivity contribution in [3.8, 4) is 0 Å². The van der Waals surface area contributed by atoms with E-state index < -0.39 is 0 Å². The van der Waals surface area contributed by atoms with Crippen molar-refractivity contribution in [2.24, 2.45) is 52.6 Å². The zero-order valence-corrected chi connectivity index (χ0v) is 6.70. The fourth-order valence-electron chi connectivity index (χ4n) is 6.43. The maximum atomic E-state index is 6.09. The first-order valence-electron chi connectivity index (χ1n) is 5.07. The molecular formula is C10H13N. The fourth-order valence-corrected chi connectivity index (χ4v) is 6.43. The fraction of sp³-hybridized carbons (Fsp3) is 1.00. The third-order valence-corrected chi connectivity index (χ3v) is 6.34. The first-order chi connectivity index (χ1) is 5.31. The second-order valence-electron chi connectivity index (χ2n) is 5.68. The summed E-state index contributed by atoms with van der Waals surface area (Å²) in [5.41, 5.74) is 6.83. The Labute approximate surface area is 66.3 Å². The molecule has 2 N–H and O–H groups in total. The van der Waals surface area contributed by atoms with E-state index >= 15 is 0 Å². The Bertz CT molecular complexity index is 242. The lowest BCUT2D eigenvalue weighted by molar-refractivity contribution is -0.617. The molecule has 0 radical (unpaired) electrons. The highest BCUT2D eigenvalue weighted by molar-refractivity contribution is 5.51. The molecule has 0 spiro atoms. The van der Waals surface area contributed by atoms with Crippen LogP contribution in [0.4, 0.5) is 0 Å². The zero-order chi connectivity index (χ0) is 7.12. The monoisotopic (exact) mass is 147 g/mol. The van der Waals surface area contributed by atoms with E-state index in [0.29, 0.717) is 6.04 Å². The minimum absolute atomic E-state index is 0.521. The van der Waals surface area contributed by atoms with Gasteiger partial charge < -0.3 is 5.73 Å². The molecule has 0 unspecified atom stereocenters. The van der Waals surface area contributed by atoms with Gasteiger partial charge in [-0.15, -0.1) is 0 Å². The van der Waals surface area contributed by atoms with Gasteiger partial charge in [0.2, 0.25) is 0 Å². The third kappa shape index (κ3) is 0.176. The van der Waals surface area contributed by atoms with Crippen molar-refractivity contribution in [2.75, 3.05) is 0 Å². The molecule has 6 aliphatic rings. The van der Waals surface area contributed by atoms with Crippen LogP contribution in [0.2, 0.25) is 0 Å². The summed E-state index contributed by atoms with van der Waals surface area (Å²) >= 11 is 0. The van der Waals surface area contributed by atoms with Crippen LogP contribution in [-0.4, -0.2) is 6.04 Å². The predicted molar refractivity (Wildman–Crippen MR) is 40.5 cm³/mol. The highest BCUT2D eigenvalue weighted by Gasteiger charge is 3.04. The first kappa shape index (κ1) is 4.86. The van der Waals surface area contributed by atoms with Crippen LogP contribution in [0, 0.1) is 46.8 Å². The molecule has 6 fully saturated rings. The van der Waals surface area contributed by atoms with E-state index in [2.05, 4.69) is 6.92 Å². The summed E-state index contributed by atoms with van der Waals surface area (Å²) in [6.45, 7) is 2.25. The number of rotatable bonds is 1. The molecule has 0 aromatic carbocycles. The molecule has 0 heterocycles. The van der Waals surface area contributed by atoms with E-state index in [1.165, 1.54) is 23.7 Å². The van der Waals surface area contributed by atoms with Crippen LogP contribution >= 0.6 is 0 Å². The Balaban J connectivity index is 1.73. The molecule has 0 amide bonds. The standard InChI is InChI=1S/C10H13N/c1-2(11)10-7-4-3-5(7)9(10)6(3)8(4)10/h2-9H,11H2,1H3/t2-,3?,4?,5?,6?,7?,8?,9?,10?/m1/s1. The molecule has 0 saturated heterocycles. The van der Waals surface area contributed by atoms with Crippen LogP contribution in [0.3, 0.4) is 0 Å². The molecule has 11 heavy (non-hydrogen) atoms. The maximum Gasteiger partial charge on any atom is 0.00756 e. The second-order valence-corrected chi connectivity index (χ2v) is 5.68. The van der Waals surface area contributed by atoms with Crippen molar-refractivity contribution in [1.82, 2.24) is 0 Å². The van der Waals surface area contributed by atoms with Crippen molar-refractivity contribution in [2.45, 2.75) is 13.0 Å². The van der Waals surface area contributed by atoms with Gasteiger partial charge in [0.25, 0.3) is 0 Å². The molecule has 1 nitrogen and oxygen atoms in total. The van der Waals surface area contributed by atoms with Crippen molar-refractivity contribution in [1.29, 1.82) is 0 Å². The molecule has 6 aliphatic carbocycles. The van der Waals surface area contributed by atoms with Gasteiger partial charge in [-0.05, 0) is 53.8 Å². The molecule has 0 aromatic heterocycles. The summed E-state index contributed by atoms with van der Waals surface area (Å²) < 4.78 is 0. The van der Waals surface area contributed by atoms with Gasteiger partial charge in [-0.1, -0.05) is 0 Å². The predicted octanol–water partition coefficient (Wildman–Crippen LogP) is 0.701. The Morgan fingerprint density at radius 1 is 1.00 bits per heavy atom. The lowest BCUT2D eigenvalue weighted by Gasteiger charge is -3.08. The maximum absolute atomic E-state index is 6.09. The van der Waals surface area contributed by atoms with Crippen molar-refractivity contribution < 1.29 is 0 Å². The van der Waals surface area contributed by atoms with Gasteiger partial charge in [-0.2, -0.15) is 0 Å². The molecular weight excluding hydrogens is 134 g/mol. The van der Waals surface area contributed by atoms with Gasteiger partial charge in [0.15, 0.2) is 0 Å². The van der Waals surface area contributed by atoms with Crippen LogP contribution < -0.4 is 5.73 Å². The van der Waals surface area contributed by atoms with Crippen LogP contribution in [0.25, 0.3) is 0 Å². The smallest absolute Gasteiger partial charge is 0.00756 e. The van der Waals surface area contributed by atoms with Crippen LogP contribution in [-0.2, 0) is 0 Å². The molecule has 6 rings (SSSR count). The highest BCUT2D eigenvalue weighted by Crippen LogP contribution is 3.06. The Morgan fingerprint density at radius 3 is 1.73 bits per heavy atom. The van der Waals surface area contributed by atoms with Gasteiger partial charge in [-0.25, -0.2) is 0 Å². The van der Waals surface area contributed by atoms with Crippen molar-refractivity contribution in [3.05, 3.63) is 0 Å². The topological polar surface area (TPSA) is 26.0 Å². The van der Waals surface area contributed by atoms with Gasteiger partial charge >= 0.3 is 0 Å². The molecule has 6 saturated carbocycles.